The van der Waals surface area contributed by atoms with Gasteiger partial charge in [-0.25, -0.2) is 4.79 Å². The van der Waals surface area contributed by atoms with E-state index in [-0.39, 0.29) is 12.1 Å². The third-order valence-electron chi connectivity index (χ3n) is 4.88. The number of likely N-dealkylation sites (tertiary alicyclic amines) is 1. The van der Waals surface area contributed by atoms with Gasteiger partial charge in [0.1, 0.15) is 5.60 Å². The van der Waals surface area contributed by atoms with Gasteiger partial charge in [0.15, 0.2) is 0 Å². The molecule has 2 fully saturated rings. The van der Waals surface area contributed by atoms with Crippen LogP contribution < -0.4 is 0 Å². The standard InChI is InChI=1S/C21H35NO2/c1-5-6-13-18(16-17-11-8-7-9-12-17)19-14-10-15-22(19)20(23)24-21(2,3)4/h19H,5-15H2,1-4H3. The van der Waals surface area contributed by atoms with Crippen molar-refractivity contribution in [2.24, 2.45) is 0 Å². The maximum Gasteiger partial charge on any atom is 0.410 e. The summed E-state index contributed by atoms with van der Waals surface area (Å²) in [5, 5.41) is 0. The summed E-state index contributed by atoms with van der Waals surface area (Å²) < 4.78 is 5.64. The molecule has 0 radical (unpaired) electrons. The summed E-state index contributed by atoms with van der Waals surface area (Å²) in [4.78, 5) is 14.5. The summed E-state index contributed by atoms with van der Waals surface area (Å²) >= 11 is 0. The number of hydrogen-bond donors (Lipinski definition) is 0. The number of carbonyl (C=O) groups excluding carboxylic acids is 1. The first-order chi connectivity index (χ1) is 11.4. The summed E-state index contributed by atoms with van der Waals surface area (Å²) in [5.74, 6) is 0. The SMILES string of the molecule is CCCCC(=C=C1CCCCC1)C1CCCN1C(=O)OC(C)(C)C. The van der Waals surface area contributed by atoms with E-state index in [9.17, 15) is 4.79 Å². The molecule has 2 rings (SSSR count). The summed E-state index contributed by atoms with van der Waals surface area (Å²) in [5.41, 5.74) is 6.15. The average molecular weight is 334 g/mol. The van der Waals surface area contributed by atoms with E-state index >= 15 is 0 Å². The van der Waals surface area contributed by atoms with Gasteiger partial charge in [-0.15, -0.1) is 5.73 Å². The van der Waals surface area contributed by atoms with E-state index in [2.05, 4.69) is 12.7 Å². The molecule has 0 bridgehead atoms. The molecule has 3 heteroatoms. The molecule has 0 N–H and O–H groups in total. The van der Waals surface area contributed by atoms with Crippen LogP contribution in [0.1, 0.15) is 91.9 Å². The van der Waals surface area contributed by atoms with Gasteiger partial charge in [-0.2, -0.15) is 0 Å². The summed E-state index contributed by atoms with van der Waals surface area (Å²) in [6.07, 6.45) is 11.7. The van der Waals surface area contributed by atoms with E-state index in [0.29, 0.717) is 0 Å². The first-order valence-corrected chi connectivity index (χ1v) is 9.88. The third-order valence-corrected chi connectivity index (χ3v) is 4.88. The zero-order valence-corrected chi connectivity index (χ0v) is 16.1. The van der Waals surface area contributed by atoms with Gasteiger partial charge in [0, 0.05) is 6.54 Å². The van der Waals surface area contributed by atoms with Crippen molar-refractivity contribution >= 4 is 6.09 Å². The molecule has 1 saturated carbocycles. The minimum absolute atomic E-state index is 0.158. The fourth-order valence-electron chi connectivity index (χ4n) is 3.68. The highest BCUT2D eigenvalue weighted by Crippen LogP contribution is 2.30. The monoisotopic (exact) mass is 333 g/mol. The van der Waals surface area contributed by atoms with Crippen molar-refractivity contribution < 1.29 is 9.53 Å². The highest BCUT2D eigenvalue weighted by atomic mass is 16.6. The molecule has 1 saturated heterocycles. The topological polar surface area (TPSA) is 29.5 Å². The first kappa shape index (κ1) is 19.1. The first-order valence-electron chi connectivity index (χ1n) is 9.88. The number of nitrogens with zero attached hydrogens (tertiary/aromatic N) is 1. The minimum atomic E-state index is -0.431. The Morgan fingerprint density at radius 3 is 2.54 bits per heavy atom. The van der Waals surface area contributed by atoms with Gasteiger partial charge >= 0.3 is 6.09 Å². The third kappa shape index (κ3) is 5.70. The Hall–Kier alpha value is -1.21. The number of hydrogen-bond acceptors (Lipinski definition) is 2. The second-order valence-corrected chi connectivity index (χ2v) is 8.25. The van der Waals surface area contributed by atoms with Crippen molar-refractivity contribution in [3.63, 3.8) is 0 Å². The summed E-state index contributed by atoms with van der Waals surface area (Å²) in [6.45, 7) is 8.85. The molecular formula is C21H35NO2. The van der Waals surface area contributed by atoms with Crippen molar-refractivity contribution in [1.29, 1.82) is 0 Å². The molecule has 1 heterocycles. The highest BCUT2D eigenvalue weighted by Gasteiger charge is 2.34. The molecule has 0 aromatic rings. The fraction of sp³-hybridized carbons (Fsp3) is 0.810. The van der Waals surface area contributed by atoms with Crippen molar-refractivity contribution in [3.05, 3.63) is 16.9 Å². The lowest BCUT2D eigenvalue weighted by atomic mass is 9.92. The predicted molar refractivity (Wildman–Crippen MR) is 99.1 cm³/mol. The van der Waals surface area contributed by atoms with Crippen LogP contribution >= 0.6 is 0 Å². The highest BCUT2D eigenvalue weighted by molar-refractivity contribution is 5.69. The molecular weight excluding hydrogens is 298 g/mol. The molecule has 2 aliphatic rings. The molecule has 24 heavy (non-hydrogen) atoms. The number of carbonyl (C=O) groups is 1. The summed E-state index contributed by atoms with van der Waals surface area (Å²) in [7, 11) is 0. The van der Waals surface area contributed by atoms with Crippen LogP contribution in [-0.4, -0.2) is 29.2 Å². The number of unbranched alkanes of at least 4 members (excludes halogenated alkanes) is 1. The molecule has 1 unspecified atom stereocenters. The van der Waals surface area contributed by atoms with Gasteiger partial charge in [-0.05, 0) is 83.3 Å². The predicted octanol–water partition coefficient (Wildman–Crippen LogP) is 5.99. The van der Waals surface area contributed by atoms with E-state index in [1.165, 1.54) is 56.1 Å². The lowest BCUT2D eigenvalue weighted by molar-refractivity contribution is 0.0247. The minimum Gasteiger partial charge on any atom is -0.444 e. The van der Waals surface area contributed by atoms with Crippen molar-refractivity contribution in [1.82, 2.24) is 4.90 Å². The Labute approximate surface area is 148 Å². The van der Waals surface area contributed by atoms with Crippen LogP contribution in [0.4, 0.5) is 4.79 Å². The Bertz CT molecular complexity index is 486. The second-order valence-electron chi connectivity index (χ2n) is 8.25. The van der Waals surface area contributed by atoms with Crippen LogP contribution in [0, 0.1) is 0 Å². The van der Waals surface area contributed by atoms with Crippen LogP contribution in [0.2, 0.25) is 0 Å². The van der Waals surface area contributed by atoms with Gasteiger partial charge < -0.3 is 9.64 Å². The van der Waals surface area contributed by atoms with Crippen LogP contribution in [0.5, 0.6) is 0 Å². The average Bonchev–Trinajstić information content (AvgIpc) is 3.00. The van der Waals surface area contributed by atoms with E-state index in [4.69, 9.17) is 4.74 Å². The van der Waals surface area contributed by atoms with Crippen LogP contribution in [0.25, 0.3) is 0 Å². The van der Waals surface area contributed by atoms with Crippen LogP contribution in [0.3, 0.4) is 0 Å². The van der Waals surface area contributed by atoms with Gasteiger partial charge in [0.05, 0.1) is 6.04 Å². The maximum absolute atomic E-state index is 12.6. The number of amides is 1. The van der Waals surface area contributed by atoms with Gasteiger partial charge in [-0.3, -0.25) is 0 Å². The Morgan fingerprint density at radius 2 is 1.92 bits per heavy atom. The Balaban J connectivity index is 2.20. The molecule has 1 aliphatic carbocycles. The van der Waals surface area contributed by atoms with Gasteiger partial charge in [-0.1, -0.05) is 19.8 Å². The zero-order valence-electron chi connectivity index (χ0n) is 16.1. The molecule has 0 aromatic carbocycles. The molecule has 1 amide bonds. The van der Waals surface area contributed by atoms with E-state index in [1.54, 1.807) is 0 Å². The molecule has 0 spiro atoms. The van der Waals surface area contributed by atoms with Crippen LogP contribution in [0.15, 0.2) is 16.9 Å². The second kappa shape index (κ2) is 8.76. The molecule has 1 aliphatic heterocycles. The van der Waals surface area contributed by atoms with E-state index in [1.807, 2.05) is 25.7 Å². The molecule has 3 nitrogen and oxygen atoms in total. The van der Waals surface area contributed by atoms with Crippen molar-refractivity contribution in [3.8, 4) is 0 Å². The number of ether oxygens (including phenoxy) is 1. The molecule has 0 aromatic heterocycles. The zero-order chi connectivity index (χ0) is 17.6. The Kier molecular flexibility index (Phi) is 6.98. The Morgan fingerprint density at radius 1 is 1.21 bits per heavy atom. The van der Waals surface area contributed by atoms with Crippen molar-refractivity contribution in [2.45, 2.75) is 104 Å². The smallest absolute Gasteiger partial charge is 0.410 e. The molecule has 136 valence electrons. The lowest BCUT2D eigenvalue weighted by Crippen LogP contribution is -2.40. The van der Waals surface area contributed by atoms with Gasteiger partial charge in [0.2, 0.25) is 0 Å². The maximum atomic E-state index is 12.6. The molecule has 1 atom stereocenters. The normalized spacial score (nSPS) is 21.6. The van der Waals surface area contributed by atoms with E-state index < -0.39 is 5.60 Å². The van der Waals surface area contributed by atoms with Gasteiger partial charge in [0.25, 0.3) is 0 Å². The van der Waals surface area contributed by atoms with Crippen LogP contribution in [-0.2, 0) is 4.74 Å². The lowest BCUT2D eigenvalue weighted by Gasteiger charge is -2.29. The van der Waals surface area contributed by atoms with E-state index in [0.717, 1.165) is 25.8 Å². The fourth-order valence-corrected chi connectivity index (χ4v) is 3.68. The van der Waals surface area contributed by atoms with Crippen molar-refractivity contribution in [2.75, 3.05) is 6.54 Å². The number of rotatable bonds is 4. The quantitative estimate of drug-likeness (QED) is 0.591. The largest absolute Gasteiger partial charge is 0.444 e. The summed E-state index contributed by atoms with van der Waals surface area (Å²) in [6, 6.07) is 0.195.